The number of morpholine rings is 1. The first-order valence-electron chi connectivity index (χ1n) is 12.6. The Morgan fingerprint density at radius 1 is 1.03 bits per heavy atom. The summed E-state index contributed by atoms with van der Waals surface area (Å²) in [6.07, 6.45) is 2.59. The van der Waals surface area contributed by atoms with Crippen LogP contribution < -0.4 is 0 Å². The molecule has 6 heteroatoms. The fraction of sp³-hybridized carbons (Fsp3) is 0.630. The van der Waals surface area contributed by atoms with Gasteiger partial charge in [0.05, 0.1) is 30.7 Å². The van der Waals surface area contributed by atoms with E-state index in [2.05, 4.69) is 49.9 Å². The monoisotopic (exact) mass is 452 g/mol. The zero-order valence-electron chi connectivity index (χ0n) is 20.1. The average Bonchev–Trinajstić information content (AvgIpc) is 3.10. The fourth-order valence-electron chi connectivity index (χ4n) is 5.84. The number of ketones is 1. The fourth-order valence-corrected chi connectivity index (χ4v) is 5.84. The molecule has 0 bridgehead atoms. The maximum atomic E-state index is 13.8. The van der Waals surface area contributed by atoms with Crippen molar-refractivity contribution in [3.8, 4) is 0 Å². The Kier molecular flexibility index (Phi) is 6.32. The molecule has 4 aliphatic rings. The predicted octanol–water partition coefficient (Wildman–Crippen LogP) is 3.68. The third-order valence-electron chi connectivity index (χ3n) is 7.89. The summed E-state index contributed by atoms with van der Waals surface area (Å²) in [7, 11) is 0. The van der Waals surface area contributed by atoms with Crippen LogP contribution in [0.15, 0.2) is 35.6 Å². The van der Waals surface area contributed by atoms with Crippen LogP contribution in [-0.2, 0) is 19.1 Å². The Bertz CT molecular complexity index is 932. The van der Waals surface area contributed by atoms with Gasteiger partial charge in [-0.15, -0.1) is 0 Å². The first-order chi connectivity index (χ1) is 15.9. The molecule has 4 unspecified atom stereocenters. The molecule has 0 radical (unpaired) electrons. The Balaban J connectivity index is 1.47. The zero-order chi connectivity index (χ0) is 23.1. The zero-order valence-corrected chi connectivity index (χ0v) is 20.1. The second-order valence-electron chi connectivity index (χ2n) is 10.5. The van der Waals surface area contributed by atoms with Gasteiger partial charge in [-0.25, -0.2) is 0 Å². The van der Waals surface area contributed by atoms with Crippen molar-refractivity contribution >= 4 is 11.7 Å². The molecule has 0 aromatic heterocycles. The van der Waals surface area contributed by atoms with E-state index in [0.29, 0.717) is 29.7 Å². The van der Waals surface area contributed by atoms with Gasteiger partial charge in [0, 0.05) is 26.2 Å². The van der Waals surface area contributed by atoms with Crippen LogP contribution in [0.25, 0.3) is 0 Å². The third kappa shape index (κ3) is 4.24. The number of nitrogens with zero attached hydrogens (tertiary/aromatic N) is 2. The van der Waals surface area contributed by atoms with Crippen molar-refractivity contribution < 1.29 is 19.1 Å². The van der Waals surface area contributed by atoms with Crippen molar-refractivity contribution in [2.45, 2.75) is 58.1 Å². The first kappa shape index (κ1) is 22.6. The second-order valence-corrected chi connectivity index (χ2v) is 10.5. The van der Waals surface area contributed by atoms with Crippen LogP contribution in [0.3, 0.4) is 0 Å². The van der Waals surface area contributed by atoms with E-state index >= 15 is 0 Å². The van der Waals surface area contributed by atoms with Crippen molar-refractivity contribution in [2.24, 2.45) is 11.8 Å². The number of benzene rings is 1. The number of Topliss-reactive ketones (excluding diaryl/α,β-unsaturated/α-hetero) is 1. The maximum absolute atomic E-state index is 13.8. The molecule has 4 atom stereocenters. The molecule has 1 aliphatic carbocycles. The van der Waals surface area contributed by atoms with Crippen LogP contribution in [0.2, 0.25) is 0 Å². The summed E-state index contributed by atoms with van der Waals surface area (Å²) in [6, 6.07) is 8.08. The summed E-state index contributed by atoms with van der Waals surface area (Å²) < 4.78 is 11.8. The third-order valence-corrected chi connectivity index (χ3v) is 7.89. The topological polar surface area (TPSA) is 59.1 Å². The van der Waals surface area contributed by atoms with Crippen LogP contribution in [-0.4, -0.2) is 67.0 Å². The van der Waals surface area contributed by atoms with Gasteiger partial charge in [0.2, 0.25) is 0 Å². The van der Waals surface area contributed by atoms with Crippen LogP contribution in [0.5, 0.6) is 0 Å². The molecule has 3 aliphatic heterocycles. The van der Waals surface area contributed by atoms with Crippen LogP contribution in [0, 0.1) is 11.8 Å². The number of hydrogen-bond acceptors (Lipinski definition) is 5. The van der Waals surface area contributed by atoms with E-state index in [1.54, 1.807) is 0 Å². The van der Waals surface area contributed by atoms with Gasteiger partial charge in [-0.2, -0.15) is 0 Å². The lowest BCUT2D eigenvalue weighted by molar-refractivity contribution is -0.136. The minimum absolute atomic E-state index is 0.124. The number of carbonyl (C=O) groups excluding carboxylic acids is 2. The number of rotatable bonds is 5. The molecular formula is C27H36N2O4. The summed E-state index contributed by atoms with van der Waals surface area (Å²) in [5, 5.41) is 0. The van der Waals surface area contributed by atoms with Crippen LogP contribution in [0.1, 0.15) is 63.1 Å². The first-order valence-corrected chi connectivity index (χ1v) is 12.6. The molecule has 3 heterocycles. The van der Waals surface area contributed by atoms with E-state index in [1.807, 2.05) is 4.90 Å². The van der Waals surface area contributed by atoms with Crippen molar-refractivity contribution in [3.05, 3.63) is 46.7 Å². The standard InChI is InChI=1S/C27H36N2O4/c1-17(2)19-5-7-20(8-6-19)24-23-25(30)21-16-18(3)4-9-22(21)33-26(23)27(31)29(24)11-10-28-12-14-32-15-13-28/h5-8,17-18,21-22,24H,4,9-16H2,1-3H3. The number of hydrogen-bond donors (Lipinski definition) is 0. The molecule has 0 N–H and O–H groups in total. The van der Waals surface area contributed by atoms with Gasteiger partial charge in [0.15, 0.2) is 11.5 Å². The highest BCUT2D eigenvalue weighted by molar-refractivity contribution is 6.11. The SMILES string of the molecule is CC1CCC2OC3=C(C(=O)C2C1)C(c1ccc(C(C)C)cc1)N(CCN1CCOCC1)C3=O. The van der Waals surface area contributed by atoms with E-state index < -0.39 is 0 Å². The summed E-state index contributed by atoms with van der Waals surface area (Å²) in [6.45, 7) is 11.1. The molecule has 33 heavy (non-hydrogen) atoms. The summed E-state index contributed by atoms with van der Waals surface area (Å²) in [4.78, 5) is 31.6. The summed E-state index contributed by atoms with van der Waals surface area (Å²) in [5.41, 5.74) is 2.85. The highest BCUT2D eigenvalue weighted by Crippen LogP contribution is 2.47. The summed E-state index contributed by atoms with van der Waals surface area (Å²) in [5.74, 6) is 1.14. The molecule has 2 fully saturated rings. The Morgan fingerprint density at radius 3 is 2.45 bits per heavy atom. The Morgan fingerprint density at radius 2 is 1.76 bits per heavy atom. The smallest absolute Gasteiger partial charge is 0.290 e. The van der Waals surface area contributed by atoms with Crippen LogP contribution in [0.4, 0.5) is 0 Å². The van der Waals surface area contributed by atoms with Gasteiger partial charge in [-0.3, -0.25) is 14.5 Å². The number of ether oxygens (including phenoxy) is 2. The molecule has 0 spiro atoms. The number of amides is 1. The molecule has 178 valence electrons. The Hall–Kier alpha value is -2.18. The lowest BCUT2D eigenvalue weighted by atomic mass is 9.74. The molecule has 1 aromatic rings. The van der Waals surface area contributed by atoms with Gasteiger partial charge in [0.1, 0.15) is 6.10 Å². The van der Waals surface area contributed by atoms with Gasteiger partial charge < -0.3 is 14.4 Å². The number of fused-ring (bicyclic) bond motifs is 1. The lowest BCUT2D eigenvalue weighted by Crippen LogP contribution is -2.43. The molecule has 1 saturated heterocycles. The molecule has 1 amide bonds. The van der Waals surface area contributed by atoms with E-state index in [9.17, 15) is 9.59 Å². The van der Waals surface area contributed by atoms with E-state index in [4.69, 9.17) is 9.47 Å². The maximum Gasteiger partial charge on any atom is 0.290 e. The van der Waals surface area contributed by atoms with E-state index in [0.717, 1.165) is 57.7 Å². The van der Waals surface area contributed by atoms with Crippen LogP contribution >= 0.6 is 0 Å². The van der Waals surface area contributed by atoms with Gasteiger partial charge in [-0.05, 0) is 42.2 Å². The molecule has 6 nitrogen and oxygen atoms in total. The molecule has 1 saturated carbocycles. The molecule has 5 rings (SSSR count). The van der Waals surface area contributed by atoms with Crippen molar-refractivity contribution in [2.75, 3.05) is 39.4 Å². The quantitative estimate of drug-likeness (QED) is 0.682. The molecular weight excluding hydrogens is 416 g/mol. The lowest BCUT2D eigenvalue weighted by Gasteiger charge is -2.37. The van der Waals surface area contributed by atoms with Crippen molar-refractivity contribution in [1.82, 2.24) is 9.80 Å². The Labute approximate surface area is 196 Å². The number of carbonyl (C=O) groups is 2. The van der Waals surface area contributed by atoms with Gasteiger partial charge in [-0.1, -0.05) is 45.0 Å². The average molecular weight is 453 g/mol. The van der Waals surface area contributed by atoms with Gasteiger partial charge in [0.25, 0.3) is 5.91 Å². The minimum atomic E-state index is -0.361. The van der Waals surface area contributed by atoms with Gasteiger partial charge >= 0.3 is 0 Å². The minimum Gasteiger partial charge on any atom is -0.483 e. The van der Waals surface area contributed by atoms with Crippen molar-refractivity contribution in [3.63, 3.8) is 0 Å². The summed E-state index contributed by atoms with van der Waals surface area (Å²) >= 11 is 0. The predicted molar refractivity (Wildman–Crippen MR) is 126 cm³/mol. The van der Waals surface area contributed by atoms with E-state index in [1.165, 1.54) is 5.56 Å². The van der Waals surface area contributed by atoms with Crippen molar-refractivity contribution in [1.29, 1.82) is 0 Å². The van der Waals surface area contributed by atoms with E-state index in [-0.39, 0.29) is 29.8 Å². The normalized spacial score (nSPS) is 30.5. The highest BCUT2D eigenvalue weighted by atomic mass is 16.5. The highest BCUT2D eigenvalue weighted by Gasteiger charge is 2.52. The largest absolute Gasteiger partial charge is 0.483 e. The molecule has 1 aromatic carbocycles. The second kappa shape index (κ2) is 9.22.